The third-order valence-corrected chi connectivity index (χ3v) is 5.79. The van der Waals surface area contributed by atoms with E-state index in [1.165, 1.54) is 0 Å². The lowest BCUT2D eigenvalue weighted by atomic mass is 10.1. The van der Waals surface area contributed by atoms with E-state index in [-0.39, 0.29) is 11.9 Å². The molecule has 148 valence electrons. The molecule has 1 unspecified atom stereocenters. The number of urea groups is 1. The van der Waals surface area contributed by atoms with E-state index in [4.69, 9.17) is 10.6 Å². The van der Waals surface area contributed by atoms with E-state index < -0.39 is 0 Å². The number of hydrogen-bond donors (Lipinski definition) is 3. The molecule has 1 heterocycles. The van der Waals surface area contributed by atoms with E-state index in [9.17, 15) is 9.59 Å². The van der Waals surface area contributed by atoms with Gasteiger partial charge < -0.3 is 15.0 Å². The summed E-state index contributed by atoms with van der Waals surface area (Å²) in [6.45, 7) is 1.37. The maximum atomic E-state index is 12.7. The lowest BCUT2D eigenvalue weighted by molar-refractivity contribution is 0.0953. The Kier molecular flexibility index (Phi) is 6.78. The maximum Gasteiger partial charge on any atom is 0.322 e. The minimum Gasteiger partial charge on any atom is -0.495 e. The minimum atomic E-state index is -0.308. The first-order valence-corrected chi connectivity index (χ1v) is 10.1. The smallest absolute Gasteiger partial charge is 0.322 e. The largest absolute Gasteiger partial charge is 0.495 e. The van der Waals surface area contributed by atoms with Gasteiger partial charge in [-0.2, -0.15) is 11.8 Å². The van der Waals surface area contributed by atoms with Gasteiger partial charge >= 0.3 is 6.03 Å². The second-order valence-electron chi connectivity index (χ2n) is 6.44. The summed E-state index contributed by atoms with van der Waals surface area (Å²) in [5.74, 6) is 6.37. The molecule has 1 aliphatic heterocycles. The number of rotatable bonds is 5. The maximum absolute atomic E-state index is 12.7. The van der Waals surface area contributed by atoms with E-state index in [0.717, 1.165) is 17.7 Å². The highest BCUT2D eigenvalue weighted by Crippen LogP contribution is 2.26. The summed E-state index contributed by atoms with van der Waals surface area (Å²) in [5, 5.41) is 3.24. The Morgan fingerprint density at radius 1 is 1.21 bits per heavy atom. The first-order valence-electron chi connectivity index (χ1n) is 9.01. The summed E-state index contributed by atoms with van der Waals surface area (Å²) in [5.41, 5.74) is 4.44. The van der Waals surface area contributed by atoms with Crippen LogP contribution in [0.1, 0.15) is 15.9 Å². The molecular formula is C20H24N4O3S. The average Bonchev–Trinajstić information content (AvgIpc) is 2.74. The first kappa shape index (κ1) is 20.0. The van der Waals surface area contributed by atoms with Crippen molar-refractivity contribution in [1.82, 2.24) is 10.3 Å². The highest BCUT2D eigenvalue weighted by molar-refractivity contribution is 8.00. The summed E-state index contributed by atoms with van der Waals surface area (Å²) < 4.78 is 5.29. The monoisotopic (exact) mass is 400 g/mol. The van der Waals surface area contributed by atoms with Crippen molar-refractivity contribution in [2.24, 2.45) is 5.84 Å². The fourth-order valence-electron chi connectivity index (χ4n) is 3.11. The molecule has 4 N–H and O–H groups in total. The van der Waals surface area contributed by atoms with Crippen molar-refractivity contribution in [2.75, 3.05) is 31.3 Å². The lowest BCUT2D eigenvalue weighted by Crippen LogP contribution is -2.44. The molecule has 28 heavy (non-hydrogen) atoms. The van der Waals surface area contributed by atoms with Crippen LogP contribution in [-0.2, 0) is 6.42 Å². The molecule has 7 nitrogen and oxygen atoms in total. The lowest BCUT2D eigenvalue weighted by Gasteiger charge is -2.32. The van der Waals surface area contributed by atoms with Gasteiger partial charge in [0.1, 0.15) is 5.75 Å². The number of nitrogens with two attached hydrogens (primary N) is 1. The zero-order valence-corrected chi connectivity index (χ0v) is 16.5. The van der Waals surface area contributed by atoms with Gasteiger partial charge in [0.2, 0.25) is 0 Å². The summed E-state index contributed by atoms with van der Waals surface area (Å²) in [6.07, 6.45) is 0.827. The van der Waals surface area contributed by atoms with Gasteiger partial charge in [0.05, 0.1) is 12.8 Å². The second-order valence-corrected chi connectivity index (χ2v) is 7.85. The Balaban J connectivity index is 1.59. The molecule has 0 saturated carbocycles. The van der Waals surface area contributed by atoms with Crippen molar-refractivity contribution >= 4 is 29.4 Å². The number of nitrogen functional groups attached to an aromatic ring is 1. The minimum absolute atomic E-state index is 0.121. The van der Waals surface area contributed by atoms with E-state index >= 15 is 0 Å². The second kappa shape index (κ2) is 9.48. The van der Waals surface area contributed by atoms with Crippen molar-refractivity contribution in [1.29, 1.82) is 0 Å². The zero-order valence-electron chi connectivity index (χ0n) is 15.7. The van der Waals surface area contributed by atoms with Gasteiger partial charge in [0, 0.05) is 29.7 Å². The number of amides is 3. The van der Waals surface area contributed by atoms with Crippen molar-refractivity contribution in [2.45, 2.75) is 11.7 Å². The summed E-state index contributed by atoms with van der Waals surface area (Å²) in [7, 11) is 1.58. The number of hydrazine groups is 1. The average molecular weight is 401 g/mol. The Morgan fingerprint density at radius 3 is 2.68 bits per heavy atom. The SMILES string of the molecule is COc1ccccc1NC(=O)N1CCSC(Cc2ccc(C(=O)NN)cc2)C1. The normalized spacial score (nSPS) is 16.4. The number of carbonyl (C=O) groups is 2. The summed E-state index contributed by atoms with van der Waals surface area (Å²) in [6, 6.07) is 14.6. The zero-order chi connectivity index (χ0) is 19.9. The number of para-hydroxylation sites is 2. The third kappa shape index (κ3) is 4.96. The number of thioether (sulfide) groups is 1. The summed E-state index contributed by atoms with van der Waals surface area (Å²) >= 11 is 1.86. The van der Waals surface area contributed by atoms with Crippen LogP contribution in [0.4, 0.5) is 10.5 Å². The van der Waals surface area contributed by atoms with Gasteiger partial charge in [-0.25, -0.2) is 10.6 Å². The van der Waals surface area contributed by atoms with Crippen molar-refractivity contribution in [3.05, 3.63) is 59.7 Å². The highest BCUT2D eigenvalue weighted by atomic mass is 32.2. The van der Waals surface area contributed by atoms with Gasteiger partial charge in [0.15, 0.2) is 0 Å². The molecule has 1 fully saturated rings. The molecule has 1 aliphatic rings. The van der Waals surface area contributed by atoms with Gasteiger partial charge in [-0.1, -0.05) is 24.3 Å². The first-order chi connectivity index (χ1) is 13.6. The van der Waals surface area contributed by atoms with Crippen LogP contribution in [0.3, 0.4) is 0 Å². The molecule has 8 heteroatoms. The Labute approximate surface area is 168 Å². The van der Waals surface area contributed by atoms with Crippen LogP contribution in [0.15, 0.2) is 48.5 Å². The van der Waals surface area contributed by atoms with Crippen LogP contribution in [0, 0.1) is 0 Å². The predicted molar refractivity (Wildman–Crippen MR) is 112 cm³/mol. The molecule has 2 aromatic carbocycles. The summed E-state index contributed by atoms with van der Waals surface area (Å²) in [4.78, 5) is 26.0. The number of anilines is 1. The van der Waals surface area contributed by atoms with Crippen molar-refractivity contribution < 1.29 is 14.3 Å². The van der Waals surface area contributed by atoms with Crippen LogP contribution in [-0.4, -0.2) is 48.0 Å². The number of methoxy groups -OCH3 is 1. The van der Waals surface area contributed by atoms with Gasteiger partial charge in [-0.05, 0) is 36.2 Å². The fraction of sp³-hybridized carbons (Fsp3) is 0.300. The predicted octanol–water partition coefficient (Wildman–Crippen LogP) is 2.49. The van der Waals surface area contributed by atoms with Gasteiger partial charge in [0.25, 0.3) is 5.91 Å². The molecule has 3 rings (SSSR count). The van der Waals surface area contributed by atoms with E-state index in [0.29, 0.717) is 35.3 Å². The molecule has 0 aromatic heterocycles. The number of nitrogens with one attached hydrogen (secondary N) is 2. The van der Waals surface area contributed by atoms with Crippen LogP contribution in [0.2, 0.25) is 0 Å². The molecule has 1 atom stereocenters. The molecule has 0 bridgehead atoms. The molecule has 3 amide bonds. The number of benzene rings is 2. The van der Waals surface area contributed by atoms with E-state index in [1.807, 2.05) is 53.1 Å². The molecule has 0 radical (unpaired) electrons. The number of carbonyl (C=O) groups excluding carboxylic acids is 2. The number of nitrogens with zero attached hydrogens (tertiary/aromatic N) is 1. The fourth-order valence-corrected chi connectivity index (χ4v) is 4.36. The quantitative estimate of drug-likeness (QED) is 0.407. The topological polar surface area (TPSA) is 96.7 Å². The van der Waals surface area contributed by atoms with Gasteiger partial charge in [-0.15, -0.1) is 0 Å². The van der Waals surface area contributed by atoms with Crippen LogP contribution < -0.4 is 21.3 Å². The van der Waals surface area contributed by atoms with E-state index in [1.54, 1.807) is 19.2 Å². The van der Waals surface area contributed by atoms with Crippen molar-refractivity contribution in [3.63, 3.8) is 0 Å². The standard InChI is InChI=1S/C20H24N4O3S/c1-27-18-5-3-2-4-17(18)22-20(26)24-10-11-28-16(13-24)12-14-6-8-15(9-7-14)19(25)23-21/h2-9,16H,10-13,21H2,1H3,(H,22,26)(H,23,25). The third-order valence-electron chi connectivity index (χ3n) is 4.59. The van der Waals surface area contributed by atoms with Gasteiger partial charge in [-0.3, -0.25) is 10.2 Å². The van der Waals surface area contributed by atoms with Crippen molar-refractivity contribution in [3.8, 4) is 5.75 Å². The van der Waals surface area contributed by atoms with E-state index in [2.05, 4.69) is 10.7 Å². The Bertz CT molecular complexity index is 828. The number of ether oxygens (including phenoxy) is 1. The Morgan fingerprint density at radius 2 is 1.96 bits per heavy atom. The highest BCUT2D eigenvalue weighted by Gasteiger charge is 2.25. The molecular weight excluding hydrogens is 376 g/mol. The molecule has 0 spiro atoms. The van der Waals surface area contributed by atoms with Crippen LogP contribution in [0.25, 0.3) is 0 Å². The van der Waals surface area contributed by atoms with Crippen LogP contribution in [0.5, 0.6) is 5.75 Å². The molecule has 0 aliphatic carbocycles. The number of hydrogen-bond acceptors (Lipinski definition) is 5. The molecule has 1 saturated heterocycles. The van der Waals surface area contributed by atoms with Crippen LogP contribution >= 0.6 is 11.8 Å². The molecule has 2 aromatic rings. The Hall–Kier alpha value is -2.71.